The van der Waals surface area contributed by atoms with Gasteiger partial charge in [-0.2, -0.15) is 0 Å². The number of benzene rings is 2. The molecule has 0 heterocycles. The maximum absolute atomic E-state index is 12.3. The van der Waals surface area contributed by atoms with Gasteiger partial charge in [-0.25, -0.2) is 8.42 Å². The van der Waals surface area contributed by atoms with Crippen LogP contribution in [0.2, 0.25) is 0 Å². The van der Waals surface area contributed by atoms with Crippen LogP contribution < -0.4 is 5.73 Å². The molecule has 0 aliphatic heterocycles. The van der Waals surface area contributed by atoms with Crippen LogP contribution in [0.5, 0.6) is 0 Å². The summed E-state index contributed by atoms with van der Waals surface area (Å²) in [5.41, 5.74) is 7.62. The third kappa shape index (κ3) is 2.71. The summed E-state index contributed by atoms with van der Waals surface area (Å²) in [5, 5.41) is 0. The lowest BCUT2D eigenvalue weighted by molar-refractivity contribution is 0.594. The molecule has 2 aromatic rings. The summed E-state index contributed by atoms with van der Waals surface area (Å²) in [7, 11) is -3.35. The van der Waals surface area contributed by atoms with E-state index in [0.717, 1.165) is 11.1 Å². The molecule has 0 spiro atoms. The van der Waals surface area contributed by atoms with Crippen molar-refractivity contribution in [3.8, 4) is 0 Å². The fourth-order valence-electron chi connectivity index (χ4n) is 1.82. The van der Waals surface area contributed by atoms with Crippen molar-refractivity contribution in [1.82, 2.24) is 0 Å². The minimum Gasteiger partial charge on any atom is -0.399 e. The molecule has 0 aliphatic carbocycles. The molecule has 0 fully saturated rings. The van der Waals surface area contributed by atoms with Crippen LogP contribution in [0.1, 0.15) is 11.1 Å². The van der Waals surface area contributed by atoms with Crippen molar-refractivity contribution in [3.05, 3.63) is 59.7 Å². The maximum atomic E-state index is 12.3. The van der Waals surface area contributed by atoms with Gasteiger partial charge >= 0.3 is 0 Å². The van der Waals surface area contributed by atoms with Crippen LogP contribution in [-0.2, 0) is 15.6 Å². The van der Waals surface area contributed by atoms with Crippen LogP contribution in [0, 0.1) is 6.92 Å². The fourth-order valence-corrected chi connectivity index (χ4v) is 3.48. The zero-order valence-electron chi connectivity index (χ0n) is 10.1. The Labute approximate surface area is 107 Å². The Morgan fingerprint density at radius 2 is 1.72 bits per heavy atom. The van der Waals surface area contributed by atoms with Gasteiger partial charge in [-0.3, -0.25) is 0 Å². The molecule has 0 aliphatic rings. The molecule has 2 aromatic carbocycles. The molecule has 0 amide bonds. The van der Waals surface area contributed by atoms with Gasteiger partial charge in [0.1, 0.15) is 0 Å². The summed E-state index contributed by atoms with van der Waals surface area (Å²) in [6.07, 6.45) is 0. The Kier molecular flexibility index (Phi) is 3.39. The second kappa shape index (κ2) is 4.82. The monoisotopic (exact) mass is 261 g/mol. The number of aryl methyl sites for hydroxylation is 1. The Hall–Kier alpha value is -1.81. The Morgan fingerprint density at radius 1 is 1.06 bits per heavy atom. The summed E-state index contributed by atoms with van der Waals surface area (Å²) in [6.45, 7) is 1.78. The van der Waals surface area contributed by atoms with Crippen molar-refractivity contribution in [3.63, 3.8) is 0 Å². The molecular formula is C14H15NO2S. The summed E-state index contributed by atoms with van der Waals surface area (Å²) >= 11 is 0. The first-order valence-electron chi connectivity index (χ1n) is 5.62. The standard InChI is InChI=1S/C14H15NO2S/c1-11-7-8-13(15)9-14(11)18(16,17)10-12-5-3-2-4-6-12/h2-9H,10,15H2,1H3. The predicted molar refractivity (Wildman–Crippen MR) is 72.9 cm³/mol. The number of anilines is 1. The van der Waals surface area contributed by atoms with Crippen molar-refractivity contribution in [2.45, 2.75) is 17.6 Å². The van der Waals surface area contributed by atoms with Gasteiger partial charge in [0, 0.05) is 5.69 Å². The average molecular weight is 261 g/mol. The van der Waals surface area contributed by atoms with E-state index in [9.17, 15) is 8.42 Å². The zero-order valence-corrected chi connectivity index (χ0v) is 10.9. The first-order chi connectivity index (χ1) is 8.49. The molecule has 2 N–H and O–H groups in total. The molecule has 0 aromatic heterocycles. The SMILES string of the molecule is Cc1ccc(N)cc1S(=O)(=O)Cc1ccccc1. The number of sulfone groups is 1. The lowest BCUT2D eigenvalue weighted by Crippen LogP contribution is -2.07. The number of nitrogens with two attached hydrogens (primary N) is 1. The van der Waals surface area contributed by atoms with E-state index in [4.69, 9.17) is 5.73 Å². The summed E-state index contributed by atoms with van der Waals surface area (Å²) in [4.78, 5) is 0.311. The van der Waals surface area contributed by atoms with Gasteiger partial charge in [0.2, 0.25) is 0 Å². The van der Waals surface area contributed by atoms with E-state index >= 15 is 0 Å². The van der Waals surface area contributed by atoms with E-state index in [1.54, 1.807) is 31.2 Å². The highest BCUT2D eigenvalue weighted by atomic mass is 32.2. The van der Waals surface area contributed by atoms with Crippen molar-refractivity contribution >= 4 is 15.5 Å². The number of hydrogen-bond donors (Lipinski definition) is 1. The number of nitrogen functional groups attached to an aromatic ring is 1. The van der Waals surface area contributed by atoms with Gasteiger partial charge in [0.25, 0.3) is 0 Å². The predicted octanol–water partition coefficient (Wildman–Crippen LogP) is 2.55. The maximum Gasteiger partial charge on any atom is 0.182 e. The lowest BCUT2D eigenvalue weighted by Gasteiger charge is -2.08. The minimum atomic E-state index is -3.35. The Morgan fingerprint density at radius 3 is 2.39 bits per heavy atom. The molecule has 18 heavy (non-hydrogen) atoms. The molecule has 0 atom stereocenters. The van der Waals surface area contributed by atoms with Gasteiger partial charge in [-0.15, -0.1) is 0 Å². The molecule has 0 saturated carbocycles. The summed E-state index contributed by atoms with van der Waals surface area (Å²) in [5.74, 6) is -0.00185. The molecule has 94 valence electrons. The van der Waals surface area contributed by atoms with Crippen molar-refractivity contribution in [2.24, 2.45) is 0 Å². The van der Waals surface area contributed by atoms with Gasteiger partial charge in [0.05, 0.1) is 10.6 Å². The van der Waals surface area contributed by atoms with E-state index in [0.29, 0.717) is 10.6 Å². The van der Waals surface area contributed by atoms with Gasteiger partial charge < -0.3 is 5.73 Å². The van der Waals surface area contributed by atoms with E-state index in [2.05, 4.69) is 0 Å². The molecule has 0 saturated heterocycles. The minimum absolute atomic E-state index is 0.00185. The normalized spacial score (nSPS) is 11.4. The van der Waals surface area contributed by atoms with Crippen LogP contribution in [-0.4, -0.2) is 8.42 Å². The fraction of sp³-hybridized carbons (Fsp3) is 0.143. The number of rotatable bonds is 3. The highest BCUT2D eigenvalue weighted by Gasteiger charge is 2.17. The van der Waals surface area contributed by atoms with E-state index < -0.39 is 9.84 Å². The lowest BCUT2D eigenvalue weighted by atomic mass is 10.2. The number of hydrogen-bond acceptors (Lipinski definition) is 3. The smallest absolute Gasteiger partial charge is 0.182 e. The largest absolute Gasteiger partial charge is 0.399 e. The van der Waals surface area contributed by atoms with Crippen LogP contribution >= 0.6 is 0 Å². The third-order valence-corrected chi connectivity index (χ3v) is 4.57. The summed E-state index contributed by atoms with van der Waals surface area (Å²) in [6, 6.07) is 14.1. The molecule has 4 heteroatoms. The Bertz CT molecular complexity index is 649. The quantitative estimate of drug-likeness (QED) is 0.864. The molecule has 0 unspecified atom stereocenters. The first kappa shape index (κ1) is 12.6. The highest BCUT2D eigenvalue weighted by Crippen LogP contribution is 2.22. The van der Waals surface area contributed by atoms with Crippen molar-refractivity contribution in [2.75, 3.05) is 5.73 Å². The van der Waals surface area contributed by atoms with E-state index in [1.165, 1.54) is 6.07 Å². The molecule has 0 bridgehead atoms. The zero-order chi connectivity index (χ0) is 13.2. The van der Waals surface area contributed by atoms with Crippen LogP contribution in [0.25, 0.3) is 0 Å². The van der Waals surface area contributed by atoms with Crippen molar-refractivity contribution < 1.29 is 8.42 Å². The molecule has 3 nitrogen and oxygen atoms in total. The molecule has 2 rings (SSSR count). The van der Waals surface area contributed by atoms with E-state index in [-0.39, 0.29) is 5.75 Å². The van der Waals surface area contributed by atoms with Crippen molar-refractivity contribution in [1.29, 1.82) is 0 Å². The van der Waals surface area contributed by atoms with Gasteiger partial charge in [0.15, 0.2) is 9.84 Å². The summed E-state index contributed by atoms with van der Waals surface area (Å²) < 4.78 is 24.6. The van der Waals surface area contributed by atoms with Crippen LogP contribution in [0.4, 0.5) is 5.69 Å². The topological polar surface area (TPSA) is 60.2 Å². The highest BCUT2D eigenvalue weighted by molar-refractivity contribution is 7.90. The van der Waals surface area contributed by atoms with Gasteiger partial charge in [-0.1, -0.05) is 36.4 Å². The average Bonchev–Trinajstić information content (AvgIpc) is 2.33. The van der Waals surface area contributed by atoms with Gasteiger partial charge in [-0.05, 0) is 30.2 Å². The van der Waals surface area contributed by atoms with E-state index in [1.807, 2.05) is 18.2 Å². The molecule has 0 radical (unpaired) electrons. The molecular weight excluding hydrogens is 246 g/mol. The van der Waals surface area contributed by atoms with Crippen LogP contribution in [0.3, 0.4) is 0 Å². The second-order valence-electron chi connectivity index (χ2n) is 4.27. The first-order valence-corrected chi connectivity index (χ1v) is 7.27. The second-order valence-corrected chi connectivity index (χ2v) is 6.23. The Balaban J connectivity index is 2.40. The third-order valence-electron chi connectivity index (χ3n) is 2.75. The van der Waals surface area contributed by atoms with Crippen LogP contribution in [0.15, 0.2) is 53.4 Å².